The SMILES string of the molecule is CCn1nc(Nc2nc(Nc3cc(C4CC4)c(F)c(C)n3)ncc2N2CCN(C(=O)OC(C)(C)C)C(C)C2)cc1C. The number of hydrogen-bond acceptors (Lipinski definition) is 9. The van der Waals surface area contributed by atoms with E-state index < -0.39 is 5.60 Å². The Bertz CT molecular complexity index is 1430. The highest BCUT2D eigenvalue weighted by atomic mass is 19.1. The van der Waals surface area contributed by atoms with Gasteiger partial charge in [-0.15, -0.1) is 0 Å². The Labute approximate surface area is 240 Å². The first-order valence-electron chi connectivity index (χ1n) is 14.3. The van der Waals surface area contributed by atoms with Crippen LogP contribution in [0.25, 0.3) is 0 Å². The van der Waals surface area contributed by atoms with Crippen LogP contribution in [0.1, 0.15) is 70.3 Å². The number of anilines is 5. The standard InChI is InChI=1S/C29H40FN9O2/c1-8-39-17(2)13-24(36-39)33-26-22(37-11-12-38(18(3)16-37)28(40)41-29(5,6)7)15-31-27(35-26)34-23-14-21(20-9-10-20)25(30)19(4)32-23/h13-15,18,20H,8-12,16H2,1-7H3,(H2,31,32,33,34,35,36). The first-order chi connectivity index (χ1) is 19.4. The fraction of sp³-hybridized carbons (Fsp3) is 0.552. The smallest absolute Gasteiger partial charge is 0.410 e. The average Bonchev–Trinajstić information content (AvgIpc) is 3.67. The van der Waals surface area contributed by atoms with Gasteiger partial charge in [0.1, 0.15) is 17.2 Å². The summed E-state index contributed by atoms with van der Waals surface area (Å²) in [6.45, 7) is 15.8. The molecule has 4 heterocycles. The van der Waals surface area contributed by atoms with Gasteiger partial charge < -0.3 is 25.2 Å². The van der Waals surface area contributed by atoms with Crippen LogP contribution in [0, 0.1) is 19.7 Å². The molecule has 5 rings (SSSR count). The van der Waals surface area contributed by atoms with E-state index in [1.807, 2.05) is 52.3 Å². The maximum Gasteiger partial charge on any atom is 0.410 e. The van der Waals surface area contributed by atoms with Gasteiger partial charge in [0.25, 0.3) is 0 Å². The molecule has 3 aromatic heterocycles. The van der Waals surface area contributed by atoms with Crippen molar-refractivity contribution in [3.8, 4) is 0 Å². The quantitative estimate of drug-likeness (QED) is 0.375. The van der Waals surface area contributed by atoms with E-state index >= 15 is 0 Å². The molecule has 0 bridgehead atoms. The molecule has 0 spiro atoms. The number of nitrogens with one attached hydrogen (secondary N) is 2. The average molecular weight is 566 g/mol. The Morgan fingerprint density at radius 3 is 2.51 bits per heavy atom. The van der Waals surface area contributed by atoms with Crippen LogP contribution in [0.4, 0.5) is 38.3 Å². The monoisotopic (exact) mass is 565 g/mol. The van der Waals surface area contributed by atoms with Crippen LogP contribution in [0.5, 0.6) is 0 Å². The molecule has 3 aromatic rings. The summed E-state index contributed by atoms with van der Waals surface area (Å²) in [6, 6.07) is 3.64. The zero-order valence-corrected chi connectivity index (χ0v) is 25.0. The van der Waals surface area contributed by atoms with Gasteiger partial charge in [0.15, 0.2) is 11.6 Å². The van der Waals surface area contributed by atoms with E-state index in [0.29, 0.717) is 54.3 Å². The van der Waals surface area contributed by atoms with Crippen molar-refractivity contribution in [3.63, 3.8) is 0 Å². The van der Waals surface area contributed by atoms with Crippen molar-refractivity contribution in [3.05, 3.63) is 41.1 Å². The molecule has 1 aliphatic carbocycles. The van der Waals surface area contributed by atoms with E-state index in [1.54, 1.807) is 24.1 Å². The van der Waals surface area contributed by atoms with Crippen molar-refractivity contribution in [2.45, 2.75) is 85.4 Å². The van der Waals surface area contributed by atoms with Gasteiger partial charge in [0, 0.05) is 44.0 Å². The molecule has 220 valence electrons. The van der Waals surface area contributed by atoms with Crippen LogP contribution in [-0.4, -0.2) is 67.0 Å². The van der Waals surface area contributed by atoms with E-state index in [1.165, 1.54) is 0 Å². The molecular weight excluding hydrogens is 525 g/mol. The van der Waals surface area contributed by atoms with Crippen LogP contribution in [-0.2, 0) is 11.3 Å². The molecule has 1 aliphatic heterocycles. The van der Waals surface area contributed by atoms with Gasteiger partial charge in [-0.25, -0.2) is 19.2 Å². The number of pyridine rings is 1. The van der Waals surface area contributed by atoms with E-state index in [0.717, 1.165) is 30.8 Å². The summed E-state index contributed by atoms with van der Waals surface area (Å²) in [5.74, 6) is 2.10. The van der Waals surface area contributed by atoms with E-state index in [-0.39, 0.29) is 23.9 Å². The van der Waals surface area contributed by atoms with E-state index in [9.17, 15) is 9.18 Å². The van der Waals surface area contributed by atoms with E-state index in [4.69, 9.17) is 9.72 Å². The summed E-state index contributed by atoms with van der Waals surface area (Å²) in [4.78, 5) is 30.5. The number of carbonyl (C=O) groups is 1. The summed E-state index contributed by atoms with van der Waals surface area (Å²) in [6.07, 6.45) is 3.42. The van der Waals surface area contributed by atoms with Crippen molar-refractivity contribution in [2.75, 3.05) is 35.2 Å². The number of aromatic nitrogens is 5. The molecule has 2 N–H and O–H groups in total. The van der Waals surface area contributed by atoms with Crippen molar-refractivity contribution in [1.29, 1.82) is 0 Å². The second kappa shape index (κ2) is 11.1. The fourth-order valence-corrected chi connectivity index (χ4v) is 5.09. The van der Waals surface area contributed by atoms with Crippen molar-refractivity contribution < 1.29 is 13.9 Å². The first kappa shape index (κ1) is 28.6. The summed E-state index contributed by atoms with van der Waals surface area (Å²) < 4.78 is 22.2. The molecule has 41 heavy (non-hydrogen) atoms. The Kier molecular flexibility index (Phi) is 7.76. The minimum atomic E-state index is -0.556. The molecule has 2 aliphatic rings. The number of amides is 1. The maximum atomic E-state index is 14.7. The summed E-state index contributed by atoms with van der Waals surface area (Å²) in [5.41, 5.74) is 2.30. The zero-order chi connectivity index (χ0) is 29.5. The van der Waals surface area contributed by atoms with Gasteiger partial charge in [-0.2, -0.15) is 10.1 Å². The lowest BCUT2D eigenvalue weighted by molar-refractivity contribution is 0.0159. The van der Waals surface area contributed by atoms with Gasteiger partial charge in [0.2, 0.25) is 5.95 Å². The van der Waals surface area contributed by atoms with Gasteiger partial charge in [0.05, 0.1) is 17.6 Å². The van der Waals surface area contributed by atoms with Gasteiger partial charge in [-0.1, -0.05) is 0 Å². The Morgan fingerprint density at radius 2 is 1.88 bits per heavy atom. The fourth-order valence-electron chi connectivity index (χ4n) is 5.09. The van der Waals surface area contributed by atoms with Gasteiger partial charge >= 0.3 is 6.09 Å². The molecule has 11 nitrogen and oxygen atoms in total. The number of rotatable bonds is 7. The molecule has 0 radical (unpaired) electrons. The predicted molar refractivity (Wildman–Crippen MR) is 157 cm³/mol. The molecule has 0 aromatic carbocycles. The highest BCUT2D eigenvalue weighted by Crippen LogP contribution is 2.42. The van der Waals surface area contributed by atoms with Crippen LogP contribution < -0.4 is 15.5 Å². The number of nitrogens with zero attached hydrogens (tertiary/aromatic N) is 7. The summed E-state index contributed by atoms with van der Waals surface area (Å²) >= 11 is 0. The summed E-state index contributed by atoms with van der Waals surface area (Å²) in [5, 5.41) is 11.2. The van der Waals surface area contributed by atoms with Gasteiger partial charge in [-0.3, -0.25) is 4.68 Å². The third-order valence-electron chi connectivity index (χ3n) is 7.30. The number of carbonyl (C=O) groups excluding carboxylic acids is 1. The topological polar surface area (TPSA) is 113 Å². The molecule has 1 saturated heterocycles. The van der Waals surface area contributed by atoms with E-state index in [2.05, 4.69) is 30.6 Å². The third-order valence-corrected chi connectivity index (χ3v) is 7.30. The van der Waals surface area contributed by atoms with Crippen molar-refractivity contribution >= 4 is 35.2 Å². The van der Waals surface area contributed by atoms with Crippen molar-refractivity contribution in [2.24, 2.45) is 0 Å². The van der Waals surface area contributed by atoms with Crippen LogP contribution in [0.15, 0.2) is 18.3 Å². The van der Waals surface area contributed by atoms with Crippen LogP contribution >= 0.6 is 0 Å². The Balaban J connectivity index is 1.42. The number of hydrogen-bond donors (Lipinski definition) is 2. The molecule has 1 saturated carbocycles. The highest BCUT2D eigenvalue weighted by molar-refractivity contribution is 5.73. The molecule has 1 atom stereocenters. The second-order valence-corrected chi connectivity index (χ2v) is 11.9. The lowest BCUT2D eigenvalue weighted by atomic mass is 10.1. The number of piperazine rings is 1. The summed E-state index contributed by atoms with van der Waals surface area (Å²) in [7, 11) is 0. The number of ether oxygens (including phenoxy) is 1. The minimum Gasteiger partial charge on any atom is -0.444 e. The normalized spacial score (nSPS) is 17.5. The second-order valence-electron chi connectivity index (χ2n) is 11.9. The van der Waals surface area contributed by atoms with Crippen LogP contribution in [0.2, 0.25) is 0 Å². The number of halogens is 1. The molecule has 1 unspecified atom stereocenters. The van der Waals surface area contributed by atoms with Crippen molar-refractivity contribution in [1.82, 2.24) is 29.6 Å². The molecule has 2 fully saturated rings. The van der Waals surface area contributed by atoms with Gasteiger partial charge in [-0.05, 0) is 78.9 Å². The molecule has 1 amide bonds. The molecule has 12 heteroatoms. The molecular formula is C29H40FN9O2. The first-order valence-corrected chi connectivity index (χ1v) is 14.3. The minimum absolute atomic E-state index is 0.0852. The largest absolute Gasteiger partial charge is 0.444 e. The van der Waals surface area contributed by atoms with Crippen LogP contribution in [0.3, 0.4) is 0 Å². The highest BCUT2D eigenvalue weighted by Gasteiger charge is 2.32. The Hall–Kier alpha value is -3.96. The number of aryl methyl sites for hydroxylation is 3. The lowest BCUT2D eigenvalue weighted by Crippen LogP contribution is -2.55. The predicted octanol–water partition coefficient (Wildman–Crippen LogP) is 5.65. The lowest BCUT2D eigenvalue weighted by Gasteiger charge is -2.41. The zero-order valence-electron chi connectivity index (χ0n) is 25.0. The third kappa shape index (κ3) is 6.52. The Morgan fingerprint density at radius 1 is 1.12 bits per heavy atom. The maximum absolute atomic E-state index is 14.7.